The summed E-state index contributed by atoms with van der Waals surface area (Å²) in [5.41, 5.74) is 2.90. The van der Waals surface area contributed by atoms with Gasteiger partial charge in [-0.2, -0.15) is 0 Å². The van der Waals surface area contributed by atoms with E-state index < -0.39 is 0 Å². The Hall–Kier alpha value is -1.57. The lowest BCUT2D eigenvalue weighted by molar-refractivity contribution is 0.102. The van der Waals surface area contributed by atoms with Crippen molar-refractivity contribution in [1.82, 2.24) is 0 Å². The Balaban J connectivity index is 1.96. The normalized spacial score (nSPS) is 18.2. The smallest absolute Gasteiger partial charge is 0.192 e. The standard InChI is InChI=1S/C15H16O2/c16-14(11-5-2-1-3-6-11)13-8-4-7-12-9-10-17-15(12)13/h4-5,7-8H,1-3,6,9-10H2. The Kier molecular flexibility index (Phi) is 2.71. The molecule has 3 rings (SSSR count). The molecule has 1 aromatic rings. The van der Waals surface area contributed by atoms with Crippen LogP contribution in [0.1, 0.15) is 41.6 Å². The van der Waals surface area contributed by atoms with Gasteiger partial charge in [-0.1, -0.05) is 18.2 Å². The molecule has 2 aliphatic rings. The summed E-state index contributed by atoms with van der Waals surface area (Å²) in [5, 5.41) is 0. The number of hydrogen-bond acceptors (Lipinski definition) is 2. The van der Waals surface area contributed by atoms with Gasteiger partial charge in [0.1, 0.15) is 5.75 Å². The van der Waals surface area contributed by atoms with Crippen molar-refractivity contribution in [3.8, 4) is 5.75 Å². The number of hydrogen-bond donors (Lipinski definition) is 0. The molecule has 1 heterocycles. The fourth-order valence-corrected chi connectivity index (χ4v) is 2.61. The van der Waals surface area contributed by atoms with Crippen molar-refractivity contribution in [2.24, 2.45) is 0 Å². The molecule has 0 unspecified atom stereocenters. The van der Waals surface area contributed by atoms with Gasteiger partial charge in [0.05, 0.1) is 12.2 Å². The molecule has 0 atom stereocenters. The largest absolute Gasteiger partial charge is 0.492 e. The molecule has 0 radical (unpaired) electrons. The number of para-hydroxylation sites is 1. The van der Waals surface area contributed by atoms with Gasteiger partial charge in [0, 0.05) is 6.42 Å². The first kappa shape index (κ1) is 10.6. The SMILES string of the molecule is O=C(C1=CCCCC1)c1cccc2c1OCC2. The second-order valence-electron chi connectivity index (χ2n) is 4.70. The van der Waals surface area contributed by atoms with E-state index in [1.54, 1.807) is 0 Å². The number of allylic oxidation sites excluding steroid dienone is 2. The number of rotatable bonds is 2. The number of carbonyl (C=O) groups excluding carboxylic acids is 1. The van der Waals surface area contributed by atoms with Crippen molar-refractivity contribution in [3.05, 3.63) is 41.0 Å². The summed E-state index contributed by atoms with van der Waals surface area (Å²) >= 11 is 0. The van der Waals surface area contributed by atoms with Gasteiger partial charge in [0.2, 0.25) is 0 Å². The van der Waals surface area contributed by atoms with Crippen LogP contribution in [-0.4, -0.2) is 12.4 Å². The predicted octanol–water partition coefficient (Wildman–Crippen LogP) is 3.30. The van der Waals surface area contributed by atoms with E-state index in [4.69, 9.17) is 4.74 Å². The lowest BCUT2D eigenvalue weighted by Crippen LogP contribution is -2.07. The molecule has 2 heteroatoms. The van der Waals surface area contributed by atoms with Crippen LogP contribution in [0.15, 0.2) is 29.8 Å². The minimum atomic E-state index is 0.170. The van der Waals surface area contributed by atoms with Gasteiger partial charge in [-0.15, -0.1) is 0 Å². The van der Waals surface area contributed by atoms with Crippen molar-refractivity contribution < 1.29 is 9.53 Å². The molecule has 1 aliphatic carbocycles. The van der Waals surface area contributed by atoms with Gasteiger partial charge in [0.25, 0.3) is 0 Å². The van der Waals surface area contributed by atoms with Gasteiger partial charge in [-0.25, -0.2) is 0 Å². The fourth-order valence-electron chi connectivity index (χ4n) is 2.61. The van der Waals surface area contributed by atoms with Crippen molar-refractivity contribution in [2.45, 2.75) is 32.1 Å². The molecule has 1 aliphatic heterocycles. The highest BCUT2D eigenvalue weighted by Crippen LogP contribution is 2.32. The number of carbonyl (C=O) groups is 1. The Morgan fingerprint density at radius 1 is 1.18 bits per heavy atom. The molecule has 0 N–H and O–H groups in total. The Bertz CT molecular complexity index is 486. The molecule has 0 spiro atoms. The third-order valence-corrected chi connectivity index (χ3v) is 3.54. The second kappa shape index (κ2) is 4.36. The summed E-state index contributed by atoms with van der Waals surface area (Å²) in [5.74, 6) is 0.993. The van der Waals surface area contributed by atoms with Crippen LogP contribution in [-0.2, 0) is 6.42 Å². The summed E-state index contributed by atoms with van der Waals surface area (Å²) < 4.78 is 5.59. The first-order chi connectivity index (χ1) is 8.36. The van der Waals surface area contributed by atoms with Crippen molar-refractivity contribution >= 4 is 5.78 Å². The maximum atomic E-state index is 12.4. The molecule has 1 aromatic carbocycles. The van der Waals surface area contributed by atoms with Crippen LogP contribution >= 0.6 is 0 Å². The highest BCUT2D eigenvalue weighted by Gasteiger charge is 2.22. The van der Waals surface area contributed by atoms with Gasteiger partial charge in [-0.3, -0.25) is 4.79 Å². The summed E-state index contributed by atoms with van der Waals surface area (Å²) in [7, 11) is 0. The minimum absolute atomic E-state index is 0.170. The van der Waals surface area contributed by atoms with Gasteiger partial charge < -0.3 is 4.74 Å². The fraction of sp³-hybridized carbons (Fsp3) is 0.400. The Labute approximate surface area is 101 Å². The maximum absolute atomic E-state index is 12.4. The zero-order valence-electron chi connectivity index (χ0n) is 9.87. The molecular formula is C15H16O2. The van der Waals surface area contributed by atoms with E-state index >= 15 is 0 Å². The summed E-state index contributed by atoms with van der Waals surface area (Å²) in [6.07, 6.45) is 7.32. The van der Waals surface area contributed by atoms with E-state index in [0.29, 0.717) is 6.61 Å². The van der Waals surface area contributed by atoms with Crippen molar-refractivity contribution in [3.63, 3.8) is 0 Å². The van der Waals surface area contributed by atoms with Crippen LogP contribution in [0.2, 0.25) is 0 Å². The lowest BCUT2D eigenvalue weighted by Gasteiger charge is -2.13. The van der Waals surface area contributed by atoms with E-state index in [-0.39, 0.29) is 5.78 Å². The summed E-state index contributed by atoms with van der Waals surface area (Å²) in [6.45, 7) is 0.707. The topological polar surface area (TPSA) is 26.3 Å². The first-order valence-corrected chi connectivity index (χ1v) is 6.34. The van der Waals surface area contributed by atoms with E-state index in [9.17, 15) is 4.79 Å². The minimum Gasteiger partial charge on any atom is -0.492 e. The van der Waals surface area contributed by atoms with Gasteiger partial charge in [0.15, 0.2) is 5.78 Å². The van der Waals surface area contributed by atoms with Gasteiger partial charge >= 0.3 is 0 Å². The van der Waals surface area contributed by atoms with Crippen molar-refractivity contribution in [2.75, 3.05) is 6.61 Å². The molecule has 2 nitrogen and oxygen atoms in total. The summed E-state index contributed by atoms with van der Waals surface area (Å²) in [6, 6.07) is 5.90. The molecule has 88 valence electrons. The Morgan fingerprint density at radius 2 is 2.12 bits per heavy atom. The summed E-state index contributed by atoms with van der Waals surface area (Å²) in [4.78, 5) is 12.4. The zero-order chi connectivity index (χ0) is 11.7. The molecule has 0 saturated carbocycles. The van der Waals surface area contributed by atoms with E-state index in [1.165, 1.54) is 12.0 Å². The lowest BCUT2D eigenvalue weighted by atomic mass is 9.92. The van der Waals surface area contributed by atoms with Crippen LogP contribution in [0.4, 0.5) is 0 Å². The van der Waals surface area contributed by atoms with Crippen LogP contribution in [0.5, 0.6) is 5.75 Å². The number of fused-ring (bicyclic) bond motifs is 1. The van der Waals surface area contributed by atoms with Crippen LogP contribution < -0.4 is 4.74 Å². The highest BCUT2D eigenvalue weighted by atomic mass is 16.5. The second-order valence-corrected chi connectivity index (χ2v) is 4.70. The van der Waals surface area contributed by atoms with Crippen LogP contribution in [0.25, 0.3) is 0 Å². The molecule has 0 bridgehead atoms. The molecule has 17 heavy (non-hydrogen) atoms. The molecule has 0 fully saturated rings. The predicted molar refractivity (Wildman–Crippen MR) is 66.5 cm³/mol. The Morgan fingerprint density at radius 3 is 2.94 bits per heavy atom. The molecule has 0 saturated heterocycles. The van der Waals surface area contributed by atoms with E-state index in [1.807, 2.05) is 18.2 Å². The number of Topliss-reactive ketones (excluding diaryl/α,β-unsaturated/α-hetero) is 1. The number of benzene rings is 1. The first-order valence-electron chi connectivity index (χ1n) is 6.34. The average Bonchev–Trinajstić information content (AvgIpc) is 2.87. The van der Waals surface area contributed by atoms with Gasteiger partial charge in [-0.05, 0) is 42.9 Å². The quantitative estimate of drug-likeness (QED) is 0.726. The average molecular weight is 228 g/mol. The number of ketones is 1. The molecule has 0 aromatic heterocycles. The highest BCUT2D eigenvalue weighted by molar-refractivity contribution is 6.10. The third-order valence-electron chi connectivity index (χ3n) is 3.54. The maximum Gasteiger partial charge on any atom is 0.192 e. The number of ether oxygens (including phenoxy) is 1. The third kappa shape index (κ3) is 1.88. The molecule has 0 amide bonds. The van der Waals surface area contributed by atoms with Crippen LogP contribution in [0, 0.1) is 0 Å². The van der Waals surface area contributed by atoms with Crippen molar-refractivity contribution in [1.29, 1.82) is 0 Å². The van der Waals surface area contributed by atoms with Crippen LogP contribution in [0.3, 0.4) is 0 Å². The zero-order valence-corrected chi connectivity index (χ0v) is 9.87. The van der Waals surface area contributed by atoms with E-state index in [2.05, 4.69) is 6.08 Å². The molecular weight excluding hydrogens is 212 g/mol. The monoisotopic (exact) mass is 228 g/mol. The van der Waals surface area contributed by atoms with E-state index in [0.717, 1.165) is 42.6 Å².